The molecule has 0 radical (unpaired) electrons. The van der Waals surface area contributed by atoms with Crippen molar-refractivity contribution in [3.63, 3.8) is 0 Å². The summed E-state index contributed by atoms with van der Waals surface area (Å²) in [6.45, 7) is 2.89. The molecule has 3 nitrogen and oxygen atoms in total. The number of aliphatic hydroxyl groups is 1. The van der Waals surface area contributed by atoms with Crippen molar-refractivity contribution in [2.45, 2.75) is 25.3 Å². The van der Waals surface area contributed by atoms with E-state index in [-0.39, 0.29) is 12.5 Å². The lowest BCUT2D eigenvalue weighted by molar-refractivity contribution is 0.181. The molecule has 0 spiro atoms. The summed E-state index contributed by atoms with van der Waals surface area (Å²) < 4.78 is 0. The number of hydrogen-bond acceptors (Lipinski definition) is 3. The molecule has 11 heavy (non-hydrogen) atoms. The highest BCUT2D eigenvalue weighted by Crippen LogP contribution is 2.26. The minimum atomic E-state index is -0.450. The van der Waals surface area contributed by atoms with E-state index in [1.807, 2.05) is 6.92 Å². The summed E-state index contributed by atoms with van der Waals surface area (Å²) in [5.74, 6) is 0.0370. The Hall–Kier alpha value is -0.590. The molecular formula is C8H14N2O. The van der Waals surface area contributed by atoms with Crippen LogP contribution in [0.3, 0.4) is 0 Å². The quantitative estimate of drug-likeness (QED) is 0.600. The summed E-state index contributed by atoms with van der Waals surface area (Å²) >= 11 is 0. The molecule has 1 heterocycles. The van der Waals surface area contributed by atoms with E-state index in [9.17, 15) is 0 Å². The SMILES string of the molecule is CC(CO)C1(C#N)CCCN1. The van der Waals surface area contributed by atoms with Crippen molar-refractivity contribution >= 4 is 0 Å². The van der Waals surface area contributed by atoms with E-state index in [4.69, 9.17) is 10.4 Å². The standard InChI is InChI=1S/C8H14N2O/c1-7(5-11)8(6-9)3-2-4-10-8/h7,10-11H,2-5H2,1H3. The van der Waals surface area contributed by atoms with Gasteiger partial charge in [0.05, 0.1) is 6.07 Å². The first-order valence-electron chi connectivity index (χ1n) is 4.02. The number of hydrogen-bond donors (Lipinski definition) is 2. The van der Waals surface area contributed by atoms with Gasteiger partial charge in [0.25, 0.3) is 0 Å². The molecule has 1 aliphatic heterocycles. The van der Waals surface area contributed by atoms with E-state index in [1.54, 1.807) is 0 Å². The van der Waals surface area contributed by atoms with Crippen LogP contribution in [0.2, 0.25) is 0 Å². The highest BCUT2D eigenvalue weighted by molar-refractivity contribution is 5.12. The normalized spacial score (nSPS) is 33.2. The summed E-state index contributed by atoms with van der Waals surface area (Å²) in [6.07, 6.45) is 1.91. The Kier molecular flexibility index (Phi) is 2.48. The van der Waals surface area contributed by atoms with E-state index < -0.39 is 5.54 Å². The molecule has 1 aliphatic rings. The van der Waals surface area contributed by atoms with Gasteiger partial charge < -0.3 is 5.11 Å². The first-order chi connectivity index (χ1) is 5.25. The van der Waals surface area contributed by atoms with E-state index in [2.05, 4.69) is 11.4 Å². The molecular weight excluding hydrogens is 140 g/mol. The topological polar surface area (TPSA) is 56.0 Å². The van der Waals surface area contributed by atoms with Crippen LogP contribution >= 0.6 is 0 Å². The van der Waals surface area contributed by atoms with Crippen LogP contribution in [-0.2, 0) is 0 Å². The fraction of sp³-hybridized carbons (Fsp3) is 0.875. The largest absolute Gasteiger partial charge is 0.396 e. The van der Waals surface area contributed by atoms with Gasteiger partial charge >= 0.3 is 0 Å². The van der Waals surface area contributed by atoms with Crippen LogP contribution < -0.4 is 5.32 Å². The lowest BCUT2D eigenvalue weighted by Crippen LogP contribution is -2.45. The van der Waals surface area contributed by atoms with Gasteiger partial charge in [-0.25, -0.2) is 0 Å². The van der Waals surface area contributed by atoms with Crippen molar-refractivity contribution in [3.05, 3.63) is 0 Å². The molecule has 0 bridgehead atoms. The summed E-state index contributed by atoms with van der Waals surface area (Å²) in [6, 6.07) is 2.26. The summed E-state index contributed by atoms with van der Waals surface area (Å²) in [5.41, 5.74) is -0.450. The number of nitriles is 1. The maximum atomic E-state index is 8.90. The van der Waals surface area contributed by atoms with Gasteiger partial charge in [0.2, 0.25) is 0 Å². The van der Waals surface area contributed by atoms with E-state index in [0.717, 1.165) is 19.4 Å². The van der Waals surface area contributed by atoms with Crippen molar-refractivity contribution < 1.29 is 5.11 Å². The molecule has 62 valence electrons. The average molecular weight is 154 g/mol. The van der Waals surface area contributed by atoms with Crippen LogP contribution in [0.5, 0.6) is 0 Å². The number of aliphatic hydroxyl groups excluding tert-OH is 1. The smallest absolute Gasteiger partial charge is 0.111 e. The molecule has 3 heteroatoms. The van der Waals surface area contributed by atoms with Crippen molar-refractivity contribution in [1.29, 1.82) is 5.26 Å². The Morgan fingerprint density at radius 1 is 1.82 bits per heavy atom. The highest BCUT2D eigenvalue weighted by Gasteiger charge is 2.38. The van der Waals surface area contributed by atoms with Gasteiger partial charge in [-0.15, -0.1) is 0 Å². The molecule has 1 fully saturated rings. The Morgan fingerprint density at radius 2 is 2.55 bits per heavy atom. The fourth-order valence-electron chi connectivity index (χ4n) is 1.55. The molecule has 0 aliphatic carbocycles. The van der Waals surface area contributed by atoms with Gasteiger partial charge in [0.15, 0.2) is 0 Å². The third-order valence-electron chi connectivity index (χ3n) is 2.50. The minimum absolute atomic E-state index is 0.0370. The zero-order valence-electron chi connectivity index (χ0n) is 6.80. The van der Waals surface area contributed by atoms with E-state index >= 15 is 0 Å². The molecule has 0 amide bonds. The van der Waals surface area contributed by atoms with Crippen LogP contribution in [-0.4, -0.2) is 23.8 Å². The van der Waals surface area contributed by atoms with E-state index in [1.165, 1.54) is 0 Å². The Balaban J connectivity index is 2.68. The molecule has 1 saturated heterocycles. The van der Waals surface area contributed by atoms with Crippen molar-refractivity contribution in [3.8, 4) is 6.07 Å². The molecule has 2 atom stereocenters. The van der Waals surface area contributed by atoms with Gasteiger partial charge in [-0.05, 0) is 19.4 Å². The predicted octanol–water partition coefficient (Wildman–Crippen LogP) is 0.261. The molecule has 0 aromatic carbocycles. The number of nitrogens with zero attached hydrogens (tertiary/aromatic N) is 1. The fourth-order valence-corrected chi connectivity index (χ4v) is 1.55. The highest BCUT2D eigenvalue weighted by atomic mass is 16.3. The average Bonchev–Trinajstić information content (AvgIpc) is 2.52. The summed E-state index contributed by atoms with van der Waals surface area (Å²) in [4.78, 5) is 0. The zero-order chi connectivity index (χ0) is 8.32. The lowest BCUT2D eigenvalue weighted by atomic mass is 9.86. The molecule has 0 aromatic rings. The monoisotopic (exact) mass is 154 g/mol. The third-order valence-corrected chi connectivity index (χ3v) is 2.50. The van der Waals surface area contributed by atoms with Gasteiger partial charge in [-0.2, -0.15) is 5.26 Å². The number of rotatable bonds is 2. The maximum absolute atomic E-state index is 8.90. The number of nitrogens with one attached hydrogen (secondary N) is 1. The molecule has 2 N–H and O–H groups in total. The second-order valence-corrected chi connectivity index (χ2v) is 3.20. The Bertz CT molecular complexity index is 167. The molecule has 1 rings (SSSR count). The summed E-state index contributed by atoms with van der Waals surface area (Å²) in [5, 5.41) is 20.9. The van der Waals surface area contributed by atoms with Crippen LogP contribution in [0.1, 0.15) is 19.8 Å². The summed E-state index contributed by atoms with van der Waals surface area (Å²) in [7, 11) is 0. The van der Waals surface area contributed by atoms with Gasteiger partial charge in [-0.1, -0.05) is 6.92 Å². The predicted molar refractivity (Wildman–Crippen MR) is 41.8 cm³/mol. The van der Waals surface area contributed by atoms with Gasteiger partial charge in [-0.3, -0.25) is 5.32 Å². The van der Waals surface area contributed by atoms with Crippen molar-refractivity contribution in [1.82, 2.24) is 5.32 Å². The third kappa shape index (κ3) is 1.37. The van der Waals surface area contributed by atoms with Crippen molar-refractivity contribution in [2.75, 3.05) is 13.2 Å². The van der Waals surface area contributed by atoms with Crippen LogP contribution in [0, 0.1) is 17.2 Å². The van der Waals surface area contributed by atoms with Crippen LogP contribution in [0.25, 0.3) is 0 Å². The zero-order valence-corrected chi connectivity index (χ0v) is 6.80. The van der Waals surface area contributed by atoms with E-state index in [0.29, 0.717) is 0 Å². The Labute approximate surface area is 67.0 Å². The lowest BCUT2D eigenvalue weighted by Gasteiger charge is -2.26. The van der Waals surface area contributed by atoms with Gasteiger partial charge in [0, 0.05) is 12.5 Å². The molecule has 0 aromatic heterocycles. The Morgan fingerprint density at radius 3 is 2.91 bits per heavy atom. The van der Waals surface area contributed by atoms with Crippen molar-refractivity contribution in [2.24, 2.45) is 5.92 Å². The minimum Gasteiger partial charge on any atom is -0.396 e. The second kappa shape index (κ2) is 3.21. The van der Waals surface area contributed by atoms with Crippen LogP contribution in [0.4, 0.5) is 0 Å². The second-order valence-electron chi connectivity index (χ2n) is 3.20. The van der Waals surface area contributed by atoms with Gasteiger partial charge in [0.1, 0.15) is 5.54 Å². The molecule has 0 saturated carbocycles. The molecule has 2 unspecified atom stereocenters. The first kappa shape index (κ1) is 8.51. The first-order valence-corrected chi connectivity index (χ1v) is 4.02. The maximum Gasteiger partial charge on any atom is 0.111 e. The van der Waals surface area contributed by atoms with Crippen LogP contribution in [0.15, 0.2) is 0 Å².